The zero-order chi connectivity index (χ0) is 12.8. The third-order valence-corrected chi connectivity index (χ3v) is 2.70. The molecule has 1 aromatic heterocycles. The van der Waals surface area contributed by atoms with E-state index in [0.717, 1.165) is 37.3 Å². The number of rotatable bonds is 6. The van der Waals surface area contributed by atoms with Gasteiger partial charge in [-0.15, -0.1) is 0 Å². The molecule has 2 aromatic rings. The molecule has 0 aliphatic rings. The van der Waals surface area contributed by atoms with E-state index in [1.807, 2.05) is 16.9 Å². The molecule has 0 radical (unpaired) electrons. The standard InChI is InChI=1S/C14H18FN3/c1-2-8-18-9-7-14(17-18)11-16-10-12-3-5-13(15)6-4-12/h3-7,9,16H,2,8,10-11H2,1H3. The Bertz CT molecular complexity index is 476. The molecule has 4 heteroatoms. The van der Waals surface area contributed by atoms with Crippen LogP contribution in [0.25, 0.3) is 0 Å². The van der Waals surface area contributed by atoms with Gasteiger partial charge >= 0.3 is 0 Å². The molecule has 0 aliphatic carbocycles. The number of halogens is 1. The molecule has 18 heavy (non-hydrogen) atoms. The van der Waals surface area contributed by atoms with E-state index in [-0.39, 0.29) is 5.82 Å². The summed E-state index contributed by atoms with van der Waals surface area (Å²) < 4.78 is 14.7. The Morgan fingerprint density at radius 2 is 1.94 bits per heavy atom. The van der Waals surface area contributed by atoms with E-state index < -0.39 is 0 Å². The van der Waals surface area contributed by atoms with Crippen LogP contribution in [0, 0.1) is 5.82 Å². The summed E-state index contributed by atoms with van der Waals surface area (Å²) >= 11 is 0. The second-order valence-electron chi connectivity index (χ2n) is 4.30. The van der Waals surface area contributed by atoms with E-state index in [4.69, 9.17) is 0 Å². The second kappa shape index (κ2) is 6.31. The Labute approximate surface area is 107 Å². The highest BCUT2D eigenvalue weighted by Crippen LogP contribution is 2.03. The normalized spacial score (nSPS) is 10.8. The smallest absolute Gasteiger partial charge is 0.123 e. The van der Waals surface area contributed by atoms with Crippen molar-refractivity contribution in [2.75, 3.05) is 0 Å². The lowest BCUT2D eigenvalue weighted by Gasteiger charge is -2.03. The van der Waals surface area contributed by atoms with Crippen LogP contribution in [0.2, 0.25) is 0 Å². The highest BCUT2D eigenvalue weighted by molar-refractivity contribution is 5.15. The van der Waals surface area contributed by atoms with Crippen molar-refractivity contribution in [1.29, 1.82) is 0 Å². The van der Waals surface area contributed by atoms with Gasteiger partial charge in [-0.1, -0.05) is 19.1 Å². The van der Waals surface area contributed by atoms with Gasteiger partial charge in [0.25, 0.3) is 0 Å². The van der Waals surface area contributed by atoms with Crippen LogP contribution in [-0.4, -0.2) is 9.78 Å². The molecule has 0 saturated heterocycles. The van der Waals surface area contributed by atoms with Crippen molar-refractivity contribution in [3.05, 3.63) is 53.6 Å². The average Bonchev–Trinajstić information content (AvgIpc) is 2.80. The van der Waals surface area contributed by atoms with Gasteiger partial charge < -0.3 is 5.32 Å². The number of benzene rings is 1. The van der Waals surface area contributed by atoms with Crippen LogP contribution in [0.15, 0.2) is 36.5 Å². The molecular weight excluding hydrogens is 229 g/mol. The third-order valence-electron chi connectivity index (χ3n) is 2.70. The fourth-order valence-corrected chi connectivity index (χ4v) is 1.79. The first-order valence-corrected chi connectivity index (χ1v) is 6.25. The maximum Gasteiger partial charge on any atom is 0.123 e. The number of aryl methyl sites for hydroxylation is 1. The van der Waals surface area contributed by atoms with Gasteiger partial charge in [0.05, 0.1) is 5.69 Å². The molecule has 0 spiro atoms. The van der Waals surface area contributed by atoms with E-state index in [1.165, 1.54) is 12.1 Å². The van der Waals surface area contributed by atoms with E-state index in [9.17, 15) is 4.39 Å². The van der Waals surface area contributed by atoms with Crippen molar-refractivity contribution >= 4 is 0 Å². The maximum absolute atomic E-state index is 12.7. The zero-order valence-electron chi connectivity index (χ0n) is 10.6. The molecule has 1 heterocycles. The Morgan fingerprint density at radius 1 is 1.17 bits per heavy atom. The molecular formula is C14H18FN3. The largest absolute Gasteiger partial charge is 0.307 e. The third kappa shape index (κ3) is 3.67. The minimum absolute atomic E-state index is 0.197. The quantitative estimate of drug-likeness (QED) is 0.850. The van der Waals surface area contributed by atoms with Crippen LogP contribution in [0.3, 0.4) is 0 Å². The van der Waals surface area contributed by atoms with Crippen LogP contribution < -0.4 is 5.32 Å². The molecule has 1 aromatic carbocycles. The van der Waals surface area contributed by atoms with Crippen molar-refractivity contribution in [3.63, 3.8) is 0 Å². The predicted molar refractivity (Wildman–Crippen MR) is 69.5 cm³/mol. The topological polar surface area (TPSA) is 29.9 Å². The van der Waals surface area contributed by atoms with Gasteiger partial charge in [0.15, 0.2) is 0 Å². The van der Waals surface area contributed by atoms with Gasteiger partial charge in [0.2, 0.25) is 0 Å². The SMILES string of the molecule is CCCn1ccc(CNCc2ccc(F)cc2)n1. The Balaban J connectivity index is 1.79. The number of nitrogens with zero attached hydrogens (tertiary/aromatic N) is 2. The minimum atomic E-state index is -0.197. The van der Waals surface area contributed by atoms with Crippen LogP contribution in [0.1, 0.15) is 24.6 Å². The van der Waals surface area contributed by atoms with E-state index in [2.05, 4.69) is 17.3 Å². The number of nitrogens with one attached hydrogen (secondary N) is 1. The van der Waals surface area contributed by atoms with Gasteiger partial charge in [-0.05, 0) is 30.2 Å². The summed E-state index contributed by atoms with van der Waals surface area (Å²) in [6.45, 7) is 4.54. The lowest BCUT2D eigenvalue weighted by molar-refractivity contribution is 0.582. The Kier molecular flexibility index (Phi) is 4.47. The molecule has 1 N–H and O–H groups in total. The summed E-state index contributed by atoms with van der Waals surface area (Å²) in [4.78, 5) is 0. The lowest BCUT2D eigenvalue weighted by Crippen LogP contribution is -2.13. The fourth-order valence-electron chi connectivity index (χ4n) is 1.79. The van der Waals surface area contributed by atoms with Crippen molar-refractivity contribution in [2.45, 2.75) is 33.0 Å². The van der Waals surface area contributed by atoms with Gasteiger partial charge in [0, 0.05) is 25.8 Å². The molecule has 96 valence electrons. The highest BCUT2D eigenvalue weighted by atomic mass is 19.1. The van der Waals surface area contributed by atoms with E-state index in [1.54, 1.807) is 12.1 Å². The minimum Gasteiger partial charge on any atom is -0.307 e. The average molecular weight is 247 g/mol. The first-order chi connectivity index (χ1) is 8.78. The summed E-state index contributed by atoms with van der Waals surface area (Å²) in [7, 11) is 0. The molecule has 3 nitrogen and oxygen atoms in total. The molecule has 0 atom stereocenters. The van der Waals surface area contributed by atoms with Crippen molar-refractivity contribution in [1.82, 2.24) is 15.1 Å². The van der Waals surface area contributed by atoms with Gasteiger partial charge in [0.1, 0.15) is 5.82 Å². The lowest BCUT2D eigenvalue weighted by atomic mass is 10.2. The highest BCUT2D eigenvalue weighted by Gasteiger charge is 1.98. The fraction of sp³-hybridized carbons (Fsp3) is 0.357. The summed E-state index contributed by atoms with van der Waals surface area (Å²) in [5, 5.41) is 7.73. The summed E-state index contributed by atoms with van der Waals surface area (Å²) in [6.07, 6.45) is 3.09. The maximum atomic E-state index is 12.7. The number of hydrogen-bond donors (Lipinski definition) is 1. The van der Waals surface area contributed by atoms with Crippen LogP contribution in [0.5, 0.6) is 0 Å². The molecule has 0 saturated carbocycles. The first kappa shape index (κ1) is 12.8. The van der Waals surface area contributed by atoms with E-state index >= 15 is 0 Å². The van der Waals surface area contributed by atoms with E-state index in [0.29, 0.717) is 0 Å². The zero-order valence-corrected chi connectivity index (χ0v) is 10.6. The van der Waals surface area contributed by atoms with Crippen molar-refractivity contribution < 1.29 is 4.39 Å². The Hall–Kier alpha value is -1.68. The molecule has 0 amide bonds. The second-order valence-corrected chi connectivity index (χ2v) is 4.30. The van der Waals surface area contributed by atoms with Gasteiger partial charge in [-0.3, -0.25) is 4.68 Å². The molecule has 0 aliphatic heterocycles. The molecule has 0 unspecified atom stereocenters. The van der Waals surface area contributed by atoms with Gasteiger partial charge in [-0.2, -0.15) is 5.10 Å². The summed E-state index contributed by atoms with van der Waals surface area (Å²) in [5.74, 6) is -0.197. The van der Waals surface area contributed by atoms with Gasteiger partial charge in [-0.25, -0.2) is 4.39 Å². The Morgan fingerprint density at radius 3 is 2.67 bits per heavy atom. The van der Waals surface area contributed by atoms with Crippen LogP contribution >= 0.6 is 0 Å². The molecule has 2 rings (SSSR count). The monoisotopic (exact) mass is 247 g/mol. The van der Waals surface area contributed by atoms with Crippen LogP contribution in [-0.2, 0) is 19.6 Å². The van der Waals surface area contributed by atoms with Crippen molar-refractivity contribution in [2.24, 2.45) is 0 Å². The predicted octanol–water partition coefficient (Wildman–Crippen LogP) is 2.72. The molecule has 0 fully saturated rings. The number of aromatic nitrogens is 2. The molecule has 0 bridgehead atoms. The number of hydrogen-bond acceptors (Lipinski definition) is 2. The summed E-state index contributed by atoms with van der Waals surface area (Å²) in [6, 6.07) is 8.56. The van der Waals surface area contributed by atoms with Crippen molar-refractivity contribution in [3.8, 4) is 0 Å². The van der Waals surface area contributed by atoms with Crippen LogP contribution in [0.4, 0.5) is 4.39 Å². The summed E-state index contributed by atoms with van der Waals surface area (Å²) in [5.41, 5.74) is 2.11. The first-order valence-electron chi connectivity index (χ1n) is 6.25.